The molecule has 0 aromatic heterocycles. The predicted molar refractivity (Wildman–Crippen MR) is 150 cm³/mol. The van der Waals surface area contributed by atoms with Crippen LogP contribution in [-0.4, -0.2) is 45.2 Å². The molecule has 0 radical (unpaired) electrons. The Morgan fingerprint density at radius 1 is 0.667 bits per heavy atom. The standard InChI is InChI=1S/C31H56O5/c1-3-5-7-9-10-11-12-13-14-15-16-17-18-19-20-22-24-26-29(34)31(36,27-32)30(35)28(33)25-23-21-8-6-4-2/h13-14,16-17,30,32,35-36H,3-12,15,18-27H2,1-2H3. The topological polar surface area (TPSA) is 94.8 Å². The molecule has 5 heteroatoms. The molecule has 0 bridgehead atoms. The number of carbonyl (C=O) groups excluding carboxylic acids is 2. The molecule has 0 aliphatic heterocycles. The van der Waals surface area contributed by atoms with Crippen molar-refractivity contribution in [1.29, 1.82) is 0 Å². The Morgan fingerprint density at radius 3 is 1.61 bits per heavy atom. The number of Topliss-reactive ketones (excluding diaryl/α,β-unsaturated/α-hetero) is 2. The van der Waals surface area contributed by atoms with Gasteiger partial charge in [-0.25, -0.2) is 0 Å². The minimum atomic E-state index is -2.38. The number of rotatable bonds is 26. The maximum Gasteiger partial charge on any atom is 0.178 e. The predicted octanol–water partition coefficient (Wildman–Crippen LogP) is 7.16. The first-order valence-electron chi connectivity index (χ1n) is 14.8. The summed E-state index contributed by atoms with van der Waals surface area (Å²) in [5.74, 6) is -1.22. The molecule has 2 unspecified atom stereocenters. The van der Waals surface area contributed by atoms with Gasteiger partial charge in [0.2, 0.25) is 0 Å². The fourth-order valence-electron chi connectivity index (χ4n) is 4.30. The fraction of sp³-hybridized carbons (Fsp3) is 0.806. The van der Waals surface area contributed by atoms with E-state index in [1.165, 1.54) is 44.9 Å². The van der Waals surface area contributed by atoms with Crippen LogP contribution in [0.2, 0.25) is 0 Å². The van der Waals surface area contributed by atoms with Crippen LogP contribution in [0.5, 0.6) is 0 Å². The quantitative estimate of drug-likeness (QED) is 0.0851. The van der Waals surface area contributed by atoms with Crippen LogP contribution in [0.15, 0.2) is 24.3 Å². The summed E-state index contributed by atoms with van der Waals surface area (Å²) in [6, 6.07) is 0. The molecule has 0 aliphatic rings. The van der Waals surface area contributed by atoms with E-state index in [0.29, 0.717) is 12.8 Å². The molecule has 0 aliphatic carbocycles. The second-order valence-electron chi connectivity index (χ2n) is 10.2. The number of carbonyl (C=O) groups is 2. The van der Waals surface area contributed by atoms with Crippen molar-refractivity contribution in [2.75, 3.05) is 6.61 Å². The van der Waals surface area contributed by atoms with Crippen LogP contribution in [0, 0.1) is 0 Å². The van der Waals surface area contributed by atoms with Crippen molar-refractivity contribution in [3.63, 3.8) is 0 Å². The molecule has 2 atom stereocenters. The molecule has 0 aromatic rings. The summed E-state index contributed by atoms with van der Waals surface area (Å²) in [7, 11) is 0. The Labute approximate surface area is 221 Å². The number of ketones is 2. The summed E-state index contributed by atoms with van der Waals surface area (Å²) in [6.45, 7) is 3.42. The molecule has 5 nitrogen and oxygen atoms in total. The van der Waals surface area contributed by atoms with E-state index in [9.17, 15) is 24.9 Å². The summed E-state index contributed by atoms with van der Waals surface area (Å²) in [6.07, 6.45) is 26.5. The molecule has 0 amide bonds. The van der Waals surface area contributed by atoms with Crippen molar-refractivity contribution >= 4 is 11.6 Å². The zero-order valence-corrected chi connectivity index (χ0v) is 23.4. The Bertz CT molecular complexity index is 598. The van der Waals surface area contributed by atoms with Gasteiger partial charge in [0.15, 0.2) is 23.3 Å². The Balaban J connectivity index is 3.94. The van der Waals surface area contributed by atoms with Crippen molar-refractivity contribution < 1.29 is 24.9 Å². The third kappa shape index (κ3) is 17.2. The highest BCUT2D eigenvalue weighted by molar-refractivity contribution is 5.96. The zero-order chi connectivity index (χ0) is 26.9. The molecule has 0 saturated heterocycles. The Kier molecular flexibility index (Phi) is 23.2. The van der Waals surface area contributed by atoms with Gasteiger partial charge < -0.3 is 15.3 Å². The van der Waals surface area contributed by atoms with Gasteiger partial charge in [0.05, 0.1) is 6.61 Å². The van der Waals surface area contributed by atoms with E-state index in [0.717, 1.165) is 57.8 Å². The molecule has 0 heterocycles. The average Bonchev–Trinajstić information content (AvgIpc) is 2.89. The average molecular weight is 509 g/mol. The second-order valence-corrected chi connectivity index (χ2v) is 10.2. The van der Waals surface area contributed by atoms with Gasteiger partial charge in [-0.1, -0.05) is 109 Å². The number of aliphatic hydroxyl groups excluding tert-OH is 2. The number of aliphatic hydroxyl groups is 3. The van der Waals surface area contributed by atoms with Gasteiger partial charge in [0.25, 0.3) is 0 Å². The monoisotopic (exact) mass is 508 g/mol. The van der Waals surface area contributed by atoms with Gasteiger partial charge >= 0.3 is 0 Å². The summed E-state index contributed by atoms with van der Waals surface area (Å²) in [5.41, 5.74) is -2.38. The molecule has 3 N–H and O–H groups in total. The van der Waals surface area contributed by atoms with E-state index >= 15 is 0 Å². The van der Waals surface area contributed by atoms with Crippen LogP contribution in [0.4, 0.5) is 0 Å². The van der Waals surface area contributed by atoms with Gasteiger partial charge in [-0.05, 0) is 44.9 Å². The number of allylic oxidation sites excluding steroid dienone is 4. The van der Waals surface area contributed by atoms with Crippen LogP contribution in [0.1, 0.15) is 142 Å². The summed E-state index contributed by atoms with van der Waals surface area (Å²) in [4.78, 5) is 24.7. The largest absolute Gasteiger partial charge is 0.393 e. The van der Waals surface area contributed by atoms with E-state index < -0.39 is 29.9 Å². The van der Waals surface area contributed by atoms with Crippen LogP contribution in [0.3, 0.4) is 0 Å². The minimum absolute atomic E-state index is 0.0527. The van der Waals surface area contributed by atoms with Gasteiger partial charge in [-0.3, -0.25) is 9.59 Å². The van der Waals surface area contributed by atoms with Gasteiger partial charge in [-0.15, -0.1) is 0 Å². The Morgan fingerprint density at radius 2 is 1.11 bits per heavy atom. The molecule has 36 heavy (non-hydrogen) atoms. The Hall–Kier alpha value is -1.30. The van der Waals surface area contributed by atoms with E-state index in [1.54, 1.807) is 0 Å². The molecule has 0 fully saturated rings. The van der Waals surface area contributed by atoms with Crippen molar-refractivity contribution in [3.8, 4) is 0 Å². The van der Waals surface area contributed by atoms with Crippen LogP contribution < -0.4 is 0 Å². The SMILES string of the molecule is CCCCCCCCC=CCC=CCCCCCCC(=O)C(O)(CO)C(O)C(=O)CCCCCCC. The van der Waals surface area contributed by atoms with E-state index in [1.807, 2.05) is 0 Å². The number of hydrogen-bond acceptors (Lipinski definition) is 5. The van der Waals surface area contributed by atoms with Crippen LogP contribution >= 0.6 is 0 Å². The normalized spacial score (nSPS) is 14.5. The first-order chi connectivity index (χ1) is 17.4. The highest BCUT2D eigenvalue weighted by Crippen LogP contribution is 2.20. The number of unbranched alkanes of at least 4 members (excludes halogenated alkanes) is 14. The lowest BCUT2D eigenvalue weighted by atomic mass is 9.86. The van der Waals surface area contributed by atoms with Crippen LogP contribution in [0.25, 0.3) is 0 Å². The lowest BCUT2D eigenvalue weighted by Gasteiger charge is -2.29. The van der Waals surface area contributed by atoms with Crippen molar-refractivity contribution in [1.82, 2.24) is 0 Å². The summed E-state index contributed by atoms with van der Waals surface area (Å²) in [5, 5.41) is 30.3. The maximum atomic E-state index is 12.5. The fourth-order valence-corrected chi connectivity index (χ4v) is 4.30. The first-order valence-corrected chi connectivity index (χ1v) is 14.8. The zero-order valence-electron chi connectivity index (χ0n) is 23.4. The maximum absolute atomic E-state index is 12.5. The molecular weight excluding hydrogens is 452 g/mol. The van der Waals surface area contributed by atoms with Crippen molar-refractivity contribution in [2.45, 2.75) is 154 Å². The number of hydrogen-bond donors (Lipinski definition) is 3. The molecule has 0 rings (SSSR count). The lowest BCUT2D eigenvalue weighted by Crippen LogP contribution is -2.55. The molecular formula is C31H56O5. The van der Waals surface area contributed by atoms with Gasteiger partial charge in [0.1, 0.15) is 0 Å². The van der Waals surface area contributed by atoms with Crippen molar-refractivity contribution in [2.24, 2.45) is 0 Å². The highest BCUT2D eigenvalue weighted by atomic mass is 16.4. The summed E-state index contributed by atoms with van der Waals surface area (Å²) < 4.78 is 0. The van der Waals surface area contributed by atoms with Crippen molar-refractivity contribution in [3.05, 3.63) is 24.3 Å². The third-order valence-electron chi connectivity index (χ3n) is 6.86. The molecule has 0 aromatic carbocycles. The smallest absolute Gasteiger partial charge is 0.178 e. The van der Waals surface area contributed by atoms with Crippen LogP contribution in [-0.2, 0) is 9.59 Å². The summed E-state index contributed by atoms with van der Waals surface area (Å²) >= 11 is 0. The van der Waals surface area contributed by atoms with E-state index in [2.05, 4.69) is 38.2 Å². The second kappa shape index (κ2) is 24.1. The molecule has 210 valence electrons. The highest BCUT2D eigenvalue weighted by Gasteiger charge is 2.45. The van der Waals surface area contributed by atoms with Gasteiger partial charge in [-0.2, -0.15) is 0 Å². The molecule has 0 saturated carbocycles. The minimum Gasteiger partial charge on any atom is -0.393 e. The van der Waals surface area contributed by atoms with Gasteiger partial charge in [0, 0.05) is 12.8 Å². The lowest BCUT2D eigenvalue weighted by molar-refractivity contribution is -0.165. The third-order valence-corrected chi connectivity index (χ3v) is 6.86. The van der Waals surface area contributed by atoms with E-state index in [-0.39, 0.29) is 12.8 Å². The van der Waals surface area contributed by atoms with E-state index in [4.69, 9.17) is 0 Å². The molecule has 0 spiro atoms. The first kappa shape index (κ1) is 34.7.